The average Bonchev–Trinajstić information content (AvgIpc) is 2.70. The molecule has 1 aromatic rings. The fourth-order valence-corrected chi connectivity index (χ4v) is 2.35. The number of halogens is 1. The Kier molecular flexibility index (Phi) is 5.80. The third-order valence-corrected chi connectivity index (χ3v) is 3.69. The van der Waals surface area contributed by atoms with Crippen LogP contribution >= 0.6 is 22.9 Å². The minimum absolute atomic E-state index is 0.0895. The zero-order chi connectivity index (χ0) is 12.0. The molecule has 1 heterocycles. The van der Waals surface area contributed by atoms with Crippen LogP contribution < -0.4 is 5.32 Å². The number of hydrogen-bond acceptors (Lipinski definition) is 3. The summed E-state index contributed by atoms with van der Waals surface area (Å²) in [6, 6.07) is 3.43. The first-order valence-electron chi connectivity index (χ1n) is 5.31. The van der Waals surface area contributed by atoms with Gasteiger partial charge in [-0.15, -0.1) is 11.3 Å². The van der Waals surface area contributed by atoms with Gasteiger partial charge >= 0.3 is 0 Å². The summed E-state index contributed by atoms with van der Waals surface area (Å²) in [6.07, 6.45) is 1.67. The van der Waals surface area contributed by atoms with E-state index in [9.17, 15) is 4.79 Å². The Labute approximate surface area is 104 Å². The Morgan fingerprint density at radius 3 is 2.88 bits per heavy atom. The molecule has 90 valence electrons. The molecule has 16 heavy (non-hydrogen) atoms. The van der Waals surface area contributed by atoms with Gasteiger partial charge in [0.1, 0.15) is 0 Å². The summed E-state index contributed by atoms with van der Waals surface area (Å²) >= 11 is 7.02. The van der Waals surface area contributed by atoms with Crippen LogP contribution in [0.2, 0.25) is 4.34 Å². The summed E-state index contributed by atoms with van der Waals surface area (Å²) in [4.78, 5) is 12.3. The lowest BCUT2D eigenvalue weighted by molar-refractivity contribution is 0.0947. The van der Waals surface area contributed by atoms with Crippen molar-refractivity contribution in [2.75, 3.05) is 13.2 Å². The second-order valence-electron chi connectivity index (χ2n) is 3.60. The molecule has 5 heteroatoms. The van der Waals surface area contributed by atoms with Crippen LogP contribution in [0.4, 0.5) is 0 Å². The van der Waals surface area contributed by atoms with Crippen molar-refractivity contribution < 1.29 is 9.90 Å². The number of rotatable bonds is 6. The lowest BCUT2D eigenvalue weighted by Crippen LogP contribution is -2.28. The predicted octanol–water partition coefficient (Wildman–Crippen LogP) is 2.54. The molecule has 0 fully saturated rings. The molecule has 1 atom stereocenters. The second-order valence-corrected chi connectivity index (χ2v) is 5.32. The van der Waals surface area contributed by atoms with Crippen LogP contribution in [0.1, 0.15) is 29.4 Å². The summed E-state index contributed by atoms with van der Waals surface area (Å²) in [5.74, 6) is 0.248. The number of carbonyl (C=O) groups excluding carboxylic acids is 1. The van der Waals surface area contributed by atoms with Crippen molar-refractivity contribution in [1.29, 1.82) is 0 Å². The summed E-state index contributed by atoms with van der Waals surface area (Å²) in [5.41, 5.74) is 0. The van der Waals surface area contributed by atoms with E-state index >= 15 is 0 Å². The number of aliphatic hydroxyl groups is 1. The van der Waals surface area contributed by atoms with E-state index in [1.807, 2.05) is 0 Å². The number of thiophene rings is 1. The molecular weight excluding hydrogens is 246 g/mol. The maximum atomic E-state index is 11.7. The van der Waals surface area contributed by atoms with Gasteiger partial charge in [0, 0.05) is 13.2 Å². The van der Waals surface area contributed by atoms with Gasteiger partial charge in [0.2, 0.25) is 0 Å². The van der Waals surface area contributed by atoms with Gasteiger partial charge in [-0.1, -0.05) is 24.9 Å². The highest BCUT2D eigenvalue weighted by Gasteiger charge is 2.11. The highest BCUT2D eigenvalue weighted by atomic mass is 35.5. The topological polar surface area (TPSA) is 49.3 Å². The van der Waals surface area contributed by atoms with Crippen LogP contribution in [-0.2, 0) is 0 Å². The normalized spacial score (nSPS) is 12.4. The number of amides is 1. The standard InChI is InChI=1S/C11H16ClNO2S/c1-2-8(5-6-14)7-13-11(15)9-3-4-10(12)16-9/h3-4,8,14H,2,5-7H2,1H3,(H,13,15). The Bertz CT molecular complexity index is 340. The van der Waals surface area contributed by atoms with E-state index in [0.29, 0.717) is 21.7 Å². The Morgan fingerprint density at radius 1 is 1.62 bits per heavy atom. The van der Waals surface area contributed by atoms with E-state index in [-0.39, 0.29) is 12.5 Å². The molecule has 0 saturated carbocycles. The average molecular weight is 262 g/mol. The summed E-state index contributed by atoms with van der Waals surface area (Å²) in [6.45, 7) is 2.82. The molecule has 0 aliphatic carbocycles. The van der Waals surface area contributed by atoms with E-state index in [1.54, 1.807) is 12.1 Å². The second kappa shape index (κ2) is 6.89. The molecule has 0 aliphatic heterocycles. The van der Waals surface area contributed by atoms with Gasteiger partial charge in [-0.3, -0.25) is 4.79 Å². The van der Waals surface area contributed by atoms with Gasteiger partial charge in [0.05, 0.1) is 9.21 Å². The van der Waals surface area contributed by atoms with Gasteiger partial charge in [-0.2, -0.15) is 0 Å². The molecule has 3 nitrogen and oxygen atoms in total. The molecule has 1 unspecified atom stereocenters. The zero-order valence-electron chi connectivity index (χ0n) is 9.20. The minimum atomic E-state index is -0.0895. The Balaban J connectivity index is 2.40. The third-order valence-electron chi connectivity index (χ3n) is 2.46. The van der Waals surface area contributed by atoms with E-state index in [2.05, 4.69) is 12.2 Å². The number of hydrogen-bond donors (Lipinski definition) is 2. The quantitative estimate of drug-likeness (QED) is 0.827. The highest BCUT2D eigenvalue weighted by molar-refractivity contribution is 7.17. The molecule has 0 spiro atoms. The third kappa shape index (κ3) is 4.12. The van der Waals surface area contributed by atoms with Gasteiger partial charge in [-0.05, 0) is 24.5 Å². The Morgan fingerprint density at radius 2 is 2.38 bits per heavy atom. The van der Waals surface area contributed by atoms with E-state index in [4.69, 9.17) is 16.7 Å². The predicted molar refractivity (Wildman–Crippen MR) is 67.1 cm³/mol. The van der Waals surface area contributed by atoms with Crippen molar-refractivity contribution in [2.45, 2.75) is 19.8 Å². The molecule has 1 amide bonds. The Hall–Kier alpha value is -0.580. The zero-order valence-corrected chi connectivity index (χ0v) is 10.8. The van der Waals surface area contributed by atoms with Gasteiger partial charge in [0.25, 0.3) is 5.91 Å². The highest BCUT2D eigenvalue weighted by Crippen LogP contribution is 2.21. The SMILES string of the molecule is CCC(CCO)CNC(=O)c1ccc(Cl)s1. The van der Waals surface area contributed by atoms with Crippen LogP contribution in [0.25, 0.3) is 0 Å². The van der Waals surface area contributed by atoms with Crippen LogP contribution in [0.5, 0.6) is 0 Å². The molecule has 0 radical (unpaired) electrons. The van der Waals surface area contributed by atoms with Crippen molar-refractivity contribution in [3.63, 3.8) is 0 Å². The molecule has 0 aliphatic rings. The first kappa shape index (κ1) is 13.5. The van der Waals surface area contributed by atoms with Gasteiger partial charge < -0.3 is 10.4 Å². The monoisotopic (exact) mass is 261 g/mol. The van der Waals surface area contributed by atoms with Crippen LogP contribution in [0.15, 0.2) is 12.1 Å². The van der Waals surface area contributed by atoms with Crippen molar-refractivity contribution >= 4 is 28.8 Å². The summed E-state index contributed by atoms with van der Waals surface area (Å²) < 4.78 is 0.618. The van der Waals surface area contributed by atoms with Crippen molar-refractivity contribution in [2.24, 2.45) is 5.92 Å². The minimum Gasteiger partial charge on any atom is -0.396 e. The van der Waals surface area contributed by atoms with Gasteiger partial charge in [-0.25, -0.2) is 0 Å². The number of carbonyl (C=O) groups is 1. The fraction of sp³-hybridized carbons (Fsp3) is 0.545. The van der Waals surface area contributed by atoms with Crippen LogP contribution in [0, 0.1) is 5.92 Å². The molecule has 1 aromatic heterocycles. The lowest BCUT2D eigenvalue weighted by atomic mass is 10.0. The van der Waals surface area contributed by atoms with Crippen molar-refractivity contribution in [3.8, 4) is 0 Å². The first-order chi connectivity index (χ1) is 7.67. The molecule has 1 rings (SSSR count). The van der Waals surface area contributed by atoms with E-state index in [0.717, 1.165) is 12.8 Å². The lowest BCUT2D eigenvalue weighted by Gasteiger charge is -2.13. The maximum absolute atomic E-state index is 11.7. The molecule has 0 aromatic carbocycles. The van der Waals surface area contributed by atoms with Crippen molar-refractivity contribution in [1.82, 2.24) is 5.32 Å². The van der Waals surface area contributed by atoms with Gasteiger partial charge in [0.15, 0.2) is 0 Å². The van der Waals surface area contributed by atoms with Crippen LogP contribution in [-0.4, -0.2) is 24.2 Å². The number of nitrogens with one attached hydrogen (secondary N) is 1. The maximum Gasteiger partial charge on any atom is 0.261 e. The fourth-order valence-electron chi connectivity index (χ4n) is 1.39. The first-order valence-corrected chi connectivity index (χ1v) is 6.51. The summed E-state index contributed by atoms with van der Waals surface area (Å²) in [7, 11) is 0. The smallest absolute Gasteiger partial charge is 0.261 e. The van der Waals surface area contributed by atoms with Crippen LogP contribution in [0.3, 0.4) is 0 Å². The number of aliphatic hydroxyl groups excluding tert-OH is 1. The molecule has 0 bridgehead atoms. The molecule has 0 saturated heterocycles. The van der Waals surface area contributed by atoms with E-state index in [1.165, 1.54) is 11.3 Å². The summed E-state index contributed by atoms with van der Waals surface area (Å²) in [5, 5.41) is 11.7. The molecular formula is C11H16ClNO2S. The van der Waals surface area contributed by atoms with Crippen molar-refractivity contribution in [3.05, 3.63) is 21.3 Å². The van der Waals surface area contributed by atoms with E-state index < -0.39 is 0 Å². The molecule has 2 N–H and O–H groups in total. The largest absolute Gasteiger partial charge is 0.396 e.